The van der Waals surface area contributed by atoms with Gasteiger partial charge in [0.2, 0.25) is 5.91 Å². The minimum atomic E-state index is -0.298. The van der Waals surface area contributed by atoms with Gasteiger partial charge in [-0.3, -0.25) is 9.69 Å². The van der Waals surface area contributed by atoms with Gasteiger partial charge in [-0.15, -0.1) is 0 Å². The van der Waals surface area contributed by atoms with Gasteiger partial charge in [0.1, 0.15) is 6.04 Å². The van der Waals surface area contributed by atoms with Gasteiger partial charge in [0.05, 0.1) is 7.11 Å². The maximum Gasteiger partial charge on any atom is 0.409 e. The molecule has 0 saturated carbocycles. The van der Waals surface area contributed by atoms with Gasteiger partial charge in [-0.25, -0.2) is 4.79 Å². The Morgan fingerprint density at radius 1 is 1.29 bits per heavy atom. The Bertz CT molecular complexity index is 542. The molecular formula is C18H27N3O3. The van der Waals surface area contributed by atoms with Crippen molar-refractivity contribution in [1.29, 1.82) is 0 Å². The highest BCUT2D eigenvalue weighted by atomic mass is 16.5. The smallest absolute Gasteiger partial charge is 0.409 e. The number of hydrogen-bond donors (Lipinski definition) is 1. The van der Waals surface area contributed by atoms with Gasteiger partial charge in [0.25, 0.3) is 0 Å². The Labute approximate surface area is 143 Å². The number of ether oxygens (including phenoxy) is 1. The van der Waals surface area contributed by atoms with Gasteiger partial charge in [-0.1, -0.05) is 37.3 Å². The van der Waals surface area contributed by atoms with Crippen molar-refractivity contribution < 1.29 is 14.3 Å². The third-order valence-electron chi connectivity index (χ3n) is 4.58. The average molecular weight is 333 g/mol. The highest BCUT2D eigenvalue weighted by Gasteiger charge is 2.29. The van der Waals surface area contributed by atoms with E-state index in [-0.39, 0.29) is 24.1 Å². The van der Waals surface area contributed by atoms with E-state index in [4.69, 9.17) is 4.74 Å². The maximum atomic E-state index is 12.8. The summed E-state index contributed by atoms with van der Waals surface area (Å²) in [5.74, 6) is 0.0158. The zero-order valence-corrected chi connectivity index (χ0v) is 14.7. The fraction of sp³-hybridized carbons (Fsp3) is 0.556. The molecule has 0 spiro atoms. The van der Waals surface area contributed by atoms with Gasteiger partial charge < -0.3 is 15.0 Å². The number of nitrogens with one attached hydrogen (secondary N) is 1. The van der Waals surface area contributed by atoms with Crippen molar-refractivity contribution in [3.05, 3.63) is 35.9 Å². The summed E-state index contributed by atoms with van der Waals surface area (Å²) in [4.78, 5) is 28.1. The number of carbonyl (C=O) groups excluding carboxylic acids is 2. The number of nitrogens with zero attached hydrogens (tertiary/aromatic N) is 2. The highest BCUT2D eigenvalue weighted by molar-refractivity contribution is 5.83. The molecule has 0 radical (unpaired) electrons. The molecular weight excluding hydrogens is 306 g/mol. The molecule has 6 heteroatoms. The van der Waals surface area contributed by atoms with Crippen LogP contribution in [0.1, 0.15) is 31.4 Å². The Morgan fingerprint density at radius 2 is 1.92 bits per heavy atom. The van der Waals surface area contributed by atoms with Crippen LogP contribution in [0.5, 0.6) is 0 Å². The van der Waals surface area contributed by atoms with Crippen molar-refractivity contribution in [3.8, 4) is 0 Å². The summed E-state index contributed by atoms with van der Waals surface area (Å²) in [5, 5.41) is 3.15. The summed E-state index contributed by atoms with van der Waals surface area (Å²) >= 11 is 0. The minimum absolute atomic E-state index is 0.0158. The van der Waals surface area contributed by atoms with Crippen molar-refractivity contribution in [3.63, 3.8) is 0 Å². The number of amides is 2. The molecule has 0 bridgehead atoms. The second-order valence-electron chi connectivity index (χ2n) is 6.13. The molecule has 24 heavy (non-hydrogen) atoms. The molecule has 1 aromatic rings. The van der Waals surface area contributed by atoms with Crippen molar-refractivity contribution in [2.45, 2.75) is 31.8 Å². The van der Waals surface area contributed by atoms with Crippen LogP contribution in [0.25, 0.3) is 0 Å². The predicted molar refractivity (Wildman–Crippen MR) is 92.6 cm³/mol. The van der Waals surface area contributed by atoms with Crippen molar-refractivity contribution in [2.24, 2.45) is 0 Å². The van der Waals surface area contributed by atoms with Gasteiger partial charge in [-0.2, -0.15) is 0 Å². The van der Waals surface area contributed by atoms with Crippen LogP contribution in [0.3, 0.4) is 0 Å². The third-order valence-corrected chi connectivity index (χ3v) is 4.58. The van der Waals surface area contributed by atoms with Crippen molar-refractivity contribution >= 4 is 12.0 Å². The highest BCUT2D eigenvalue weighted by Crippen LogP contribution is 2.20. The number of methoxy groups -OCH3 is 1. The summed E-state index contributed by atoms with van der Waals surface area (Å²) in [6.07, 6.45) is 1.20. The lowest BCUT2D eigenvalue weighted by Gasteiger charge is -2.33. The second kappa shape index (κ2) is 8.68. The van der Waals surface area contributed by atoms with Gasteiger partial charge in [0, 0.05) is 19.1 Å². The lowest BCUT2D eigenvalue weighted by Crippen LogP contribution is -2.49. The van der Waals surface area contributed by atoms with Crippen LogP contribution in [0.2, 0.25) is 0 Å². The molecule has 1 atom stereocenters. The molecule has 1 aromatic carbocycles. The number of likely N-dealkylation sites (tertiary alicyclic amines) is 1. The fourth-order valence-corrected chi connectivity index (χ4v) is 3.04. The van der Waals surface area contributed by atoms with E-state index >= 15 is 0 Å². The zero-order chi connectivity index (χ0) is 17.5. The van der Waals surface area contributed by atoms with E-state index in [9.17, 15) is 9.59 Å². The molecule has 0 unspecified atom stereocenters. The largest absolute Gasteiger partial charge is 0.453 e. The van der Waals surface area contributed by atoms with E-state index in [1.807, 2.05) is 49.2 Å². The number of benzene rings is 1. The first kappa shape index (κ1) is 18.3. The van der Waals surface area contributed by atoms with Crippen LogP contribution in [-0.2, 0) is 9.53 Å². The summed E-state index contributed by atoms with van der Waals surface area (Å²) in [5.41, 5.74) is 0.992. The first-order chi connectivity index (χ1) is 11.6. The third kappa shape index (κ3) is 4.47. The summed E-state index contributed by atoms with van der Waals surface area (Å²) in [6, 6.07) is 9.62. The molecule has 0 aromatic heterocycles. The Hall–Kier alpha value is -2.08. The van der Waals surface area contributed by atoms with E-state index in [2.05, 4.69) is 5.32 Å². The summed E-state index contributed by atoms with van der Waals surface area (Å²) in [7, 11) is 3.35. The van der Waals surface area contributed by atoms with E-state index in [1.165, 1.54) is 7.11 Å². The lowest BCUT2D eigenvalue weighted by atomic mass is 10.0. The standard InChI is InChI=1S/C18H27N3O3/c1-4-20(2)16(14-8-6-5-7-9-14)17(22)19-15-10-12-21(13-11-15)18(23)24-3/h5-9,15-16H,4,10-13H2,1-3H3,(H,19,22)/t16-/m1/s1. The Balaban J connectivity index is 1.98. The summed E-state index contributed by atoms with van der Waals surface area (Å²) in [6.45, 7) is 4.04. The second-order valence-corrected chi connectivity index (χ2v) is 6.13. The maximum absolute atomic E-state index is 12.8. The van der Waals surface area contributed by atoms with E-state index in [1.54, 1.807) is 4.90 Å². The normalized spacial score (nSPS) is 16.8. The van der Waals surface area contributed by atoms with Crippen LogP contribution in [0, 0.1) is 0 Å². The lowest BCUT2D eigenvalue weighted by molar-refractivity contribution is -0.127. The molecule has 6 nitrogen and oxygen atoms in total. The van der Waals surface area contributed by atoms with Gasteiger partial charge in [0.15, 0.2) is 0 Å². The molecule has 2 rings (SSSR count). The molecule has 1 aliphatic rings. The molecule has 1 aliphatic heterocycles. The first-order valence-electron chi connectivity index (χ1n) is 8.45. The molecule has 1 N–H and O–H groups in total. The summed E-state index contributed by atoms with van der Waals surface area (Å²) < 4.78 is 4.74. The van der Waals surface area contributed by atoms with Crippen LogP contribution >= 0.6 is 0 Å². The Kier molecular flexibility index (Phi) is 6.61. The van der Waals surface area contributed by atoms with Gasteiger partial charge in [-0.05, 0) is 32.0 Å². The molecule has 1 heterocycles. The number of carbonyl (C=O) groups is 2. The van der Waals surface area contributed by atoms with Crippen LogP contribution < -0.4 is 5.32 Å². The minimum Gasteiger partial charge on any atom is -0.453 e. The van der Waals surface area contributed by atoms with Crippen molar-refractivity contribution in [2.75, 3.05) is 33.8 Å². The number of likely N-dealkylation sites (N-methyl/N-ethyl adjacent to an activating group) is 1. The first-order valence-corrected chi connectivity index (χ1v) is 8.45. The number of piperidine rings is 1. The average Bonchev–Trinajstić information content (AvgIpc) is 2.62. The monoisotopic (exact) mass is 333 g/mol. The van der Waals surface area contributed by atoms with E-state index in [0.29, 0.717) is 13.1 Å². The molecule has 132 valence electrons. The Morgan fingerprint density at radius 3 is 2.46 bits per heavy atom. The SMILES string of the molecule is CCN(C)[C@@H](C(=O)NC1CCN(C(=O)OC)CC1)c1ccccc1. The van der Waals surface area contributed by atoms with E-state index < -0.39 is 0 Å². The molecule has 0 aliphatic carbocycles. The van der Waals surface area contributed by atoms with Crippen LogP contribution in [0.15, 0.2) is 30.3 Å². The van der Waals surface area contributed by atoms with Crippen LogP contribution in [0.4, 0.5) is 4.79 Å². The van der Waals surface area contributed by atoms with Crippen molar-refractivity contribution in [1.82, 2.24) is 15.1 Å². The van der Waals surface area contributed by atoms with E-state index in [0.717, 1.165) is 24.9 Å². The molecule has 2 amide bonds. The zero-order valence-electron chi connectivity index (χ0n) is 14.7. The molecule has 1 fully saturated rings. The quantitative estimate of drug-likeness (QED) is 0.895. The molecule has 1 saturated heterocycles. The number of rotatable bonds is 5. The predicted octanol–water partition coefficient (Wildman–Crippen LogP) is 2.03. The van der Waals surface area contributed by atoms with Gasteiger partial charge >= 0.3 is 6.09 Å². The van der Waals surface area contributed by atoms with Crippen LogP contribution in [-0.4, -0.2) is 61.6 Å². The fourth-order valence-electron chi connectivity index (χ4n) is 3.04. The topological polar surface area (TPSA) is 61.9 Å². The number of hydrogen-bond acceptors (Lipinski definition) is 4.